The second-order valence-corrected chi connectivity index (χ2v) is 9.05. The lowest BCUT2D eigenvalue weighted by Crippen LogP contribution is -2.23. The maximum atomic E-state index is 12.6. The third kappa shape index (κ3) is 3.13. The van der Waals surface area contributed by atoms with Gasteiger partial charge in [0.1, 0.15) is 11.1 Å². The van der Waals surface area contributed by atoms with Gasteiger partial charge in [0.2, 0.25) is 0 Å². The Bertz CT molecular complexity index is 848. The summed E-state index contributed by atoms with van der Waals surface area (Å²) in [6, 6.07) is 9.62. The molecular formula is C19H19BrN2OS. The first-order valence-corrected chi connectivity index (χ1v) is 9.55. The minimum absolute atomic E-state index is 0.183. The van der Waals surface area contributed by atoms with Gasteiger partial charge in [-0.3, -0.25) is 4.79 Å². The molecule has 0 saturated heterocycles. The molecule has 1 unspecified atom stereocenters. The predicted molar refractivity (Wildman–Crippen MR) is 102 cm³/mol. The average Bonchev–Trinajstić information content (AvgIpc) is 2.83. The Labute approximate surface area is 154 Å². The number of fused-ring (bicyclic) bond motifs is 1. The fourth-order valence-electron chi connectivity index (χ4n) is 3.55. The van der Waals surface area contributed by atoms with Crippen LogP contribution in [0.2, 0.25) is 0 Å². The Kier molecular flexibility index (Phi) is 4.54. The van der Waals surface area contributed by atoms with Crippen molar-refractivity contribution in [1.29, 1.82) is 5.26 Å². The van der Waals surface area contributed by atoms with Gasteiger partial charge in [-0.05, 0) is 57.8 Å². The number of nitriles is 1. The molecule has 0 bridgehead atoms. The SMILES string of the molecule is CC1CC(C)(C)Cc2c1sc(NC(=O)c1ccccc1Br)c2C#N. The highest BCUT2D eigenvalue weighted by Gasteiger charge is 2.34. The molecule has 2 aromatic rings. The molecule has 1 amide bonds. The molecule has 1 aliphatic carbocycles. The Balaban J connectivity index is 1.98. The largest absolute Gasteiger partial charge is 0.312 e. The zero-order valence-electron chi connectivity index (χ0n) is 13.9. The number of nitrogens with one attached hydrogen (secondary N) is 1. The second kappa shape index (κ2) is 6.34. The van der Waals surface area contributed by atoms with Crippen molar-refractivity contribution in [2.75, 3.05) is 5.32 Å². The van der Waals surface area contributed by atoms with E-state index in [1.165, 1.54) is 4.88 Å². The van der Waals surface area contributed by atoms with Crippen LogP contribution in [0.1, 0.15) is 59.5 Å². The normalized spacial score (nSPS) is 18.5. The van der Waals surface area contributed by atoms with Gasteiger partial charge in [-0.1, -0.05) is 32.9 Å². The Morgan fingerprint density at radius 1 is 1.42 bits per heavy atom. The number of halogens is 1. The van der Waals surface area contributed by atoms with Crippen molar-refractivity contribution in [3.8, 4) is 6.07 Å². The van der Waals surface area contributed by atoms with Crippen LogP contribution in [0.25, 0.3) is 0 Å². The third-order valence-electron chi connectivity index (χ3n) is 4.46. The number of benzene rings is 1. The molecule has 0 saturated carbocycles. The molecule has 0 fully saturated rings. The predicted octanol–water partition coefficient (Wildman–Crippen LogP) is 5.71. The van der Waals surface area contributed by atoms with Crippen molar-refractivity contribution < 1.29 is 4.79 Å². The van der Waals surface area contributed by atoms with Gasteiger partial charge in [-0.25, -0.2) is 0 Å². The molecule has 1 aliphatic rings. The van der Waals surface area contributed by atoms with Crippen molar-refractivity contribution in [1.82, 2.24) is 0 Å². The second-order valence-electron chi connectivity index (χ2n) is 7.14. The first kappa shape index (κ1) is 17.2. The zero-order valence-corrected chi connectivity index (χ0v) is 16.3. The lowest BCUT2D eigenvalue weighted by molar-refractivity contribution is 0.102. The number of hydrogen-bond acceptors (Lipinski definition) is 3. The van der Waals surface area contributed by atoms with E-state index in [4.69, 9.17) is 0 Å². The van der Waals surface area contributed by atoms with Crippen LogP contribution in [-0.2, 0) is 6.42 Å². The van der Waals surface area contributed by atoms with Crippen LogP contribution in [0.4, 0.5) is 5.00 Å². The van der Waals surface area contributed by atoms with Crippen molar-refractivity contribution in [3.05, 3.63) is 50.3 Å². The number of nitrogens with zero attached hydrogens (tertiary/aromatic N) is 1. The molecular weight excluding hydrogens is 384 g/mol. The molecule has 5 heteroatoms. The first-order chi connectivity index (χ1) is 11.3. The van der Waals surface area contributed by atoms with Gasteiger partial charge in [0.25, 0.3) is 5.91 Å². The van der Waals surface area contributed by atoms with E-state index in [-0.39, 0.29) is 11.3 Å². The number of carbonyl (C=O) groups excluding carboxylic acids is 1. The van der Waals surface area contributed by atoms with Crippen LogP contribution in [0.15, 0.2) is 28.7 Å². The average molecular weight is 403 g/mol. The molecule has 1 heterocycles. The van der Waals surface area contributed by atoms with Crippen LogP contribution in [0.3, 0.4) is 0 Å². The topological polar surface area (TPSA) is 52.9 Å². The summed E-state index contributed by atoms with van der Waals surface area (Å²) in [5, 5.41) is 13.3. The highest BCUT2D eigenvalue weighted by molar-refractivity contribution is 9.10. The van der Waals surface area contributed by atoms with Crippen LogP contribution in [-0.4, -0.2) is 5.91 Å². The summed E-state index contributed by atoms with van der Waals surface area (Å²) in [5.74, 6) is 0.222. The summed E-state index contributed by atoms with van der Waals surface area (Å²) in [4.78, 5) is 13.8. The lowest BCUT2D eigenvalue weighted by Gasteiger charge is -2.33. The van der Waals surface area contributed by atoms with E-state index in [1.807, 2.05) is 18.2 Å². The monoisotopic (exact) mass is 402 g/mol. The molecule has 1 aromatic carbocycles. The summed E-state index contributed by atoms with van der Waals surface area (Å²) in [6.07, 6.45) is 1.99. The maximum absolute atomic E-state index is 12.6. The van der Waals surface area contributed by atoms with Crippen LogP contribution in [0, 0.1) is 16.7 Å². The van der Waals surface area contributed by atoms with Crippen molar-refractivity contribution in [3.63, 3.8) is 0 Å². The molecule has 24 heavy (non-hydrogen) atoms. The molecule has 1 aromatic heterocycles. The van der Waals surface area contributed by atoms with Crippen LogP contribution >= 0.6 is 27.3 Å². The van der Waals surface area contributed by atoms with Gasteiger partial charge < -0.3 is 5.32 Å². The fraction of sp³-hybridized carbons (Fsp3) is 0.368. The number of rotatable bonds is 2. The van der Waals surface area contributed by atoms with Crippen LogP contribution in [0.5, 0.6) is 0 Å². The first-order valence-electron chi connectivity index (χ1n) is 7.94. The Morgan fingerprint density at radius 2 is 2.12 bits per heavy atom. The summed E-state index contributed by atoms with van der Waals surface area (Å²) >= 11 is 4.96. The smallest absolute Gasteiger partial charge is 0.257 e. The molecule has 0 spiro atoms. The molecule has 1 atom stereocenters. The quantitative estimate of drug-likeness (QED) is 0.698. The van der Waals surface area contributed by atoms with E-state index >= 15 is 0 Å². The van der Waals surface area contributed by atoms with Gasteiger partial charge in [-0.15, -0.1) is 11.3 Å². The van der Waals surface area contributed by atoms with E-state index in [0.29, 0.717) is 22.0 Å². The van der Waals surface area contributed by atoms with Crippen molar-refractivity contribution in [2.45, 2.75) is 39.5 Å². The molecule has 124 valence electrons. The highest BCUT2D eigenvalue weighted by Crippen LogP contribution is 2.48. The van der Waals surface area contributed by atoms with Crippen molar-refractivity contribution in [2.24, 2.45) is 5.41 Å². The number of hydrogen-bond donors (Lipinski definition) is 1. The van der Waals surface area contributed by atoms with E-state index in [9.17, 15) is 10.1 Å². The van der Waals surface area contributed by atoms with Gasteiger partial charge in [0.15, 0.2) is 0 Å². The Hall–Kier alpha value is -1.64. The maximum Gasteiger partial charge on any atom is 0.257 e. The van der Waals surface area contributed by atoms with Crippen LogP contribution < -0.4 is 5.32 Å². The fourth-order valence-corrected chi connectivity index (χ4v) is 5.23. The van der Waals surface area contributed by atoms with Gasteiger partial charge in [0, 0.05) is 9.35 Å². The van der Waals surface area contributed by atoms with Gasteiger partial charge >= 0.3 is 0 Å². The minimum Gasteiger partial charge on any atom is -0.312 e. The van der Waals surface area contributed by atoms with E-state index in [0.717, 1.165) is 22.9 Å². The number of carbonyl (C=O) groups is 1. The minimum atomic E-state index is -0.190. The summed E-state index contributed by atoms with van der Waals surface area (Å²) in [6.45, 7) is 6.69. The van der Waals surface area contributed by atoms with E-state index < -0.39 is 0 Å². The molecule has 0 radical (unpaired) electrons. The zero-order chi connectivity index (χ0) is 17.5. The van der Waals surface area contributed by atoms with Gasteiger partial charge in [-0.2, -0.15) is 5.26 Å². The van der Waals surface area contributed by atoms with Gasteiger partial charge in [0.05, 0.1) is 11.1 Å². The number of anilines is 1. The van der Waals surface area contributed by atoms with Crippen molar-refractivity contribution >= 4 is 38.2 Å². The highest BCUT2D eigenvalue weighted by atomic mass is 79.9. The Morgan fingerprint density at radius 3 is 2.79 bits per heavy atom. The third-order valence-corrected chi connectivity index (χ3v) is 6.53. The molecule has 3 rings (SSSR count). The lowest BCUT2D eigenvalue weighted by atomic mass is 9.72. The summed E-state index contributed by atoms with van der Waals surface area (Å²) in [5.41, 5.74) is 2.51. The number of amides is 1. The molecule has 1 N–H and O–H groups in total. The number of thiophene rings is 1. The van der Waals surface area contributed by atoms with E-state index in [2.05, 4.69) is 48.1 Å². The molecule has 3 nitrogen and oxygen atoms in total. The summed E-state index contributed by atoms with van der Waals surface area (Å²) < 4.78 is 0.747. The standard InChI is InChI=1S/C19H19BrN2OS/c1-11-8-19(2,3)9-13-14(10-21)18(24-16(11)13)22-17(23)12-6-4-5-7-15(12)20/h4-7,11H,8-9H2,1-3H3,(H,22,23). The van der Waals surface area contributed by atoms with E-state index in [1.54, 1.807) is 17.4 Å². The molecule has 0 aliphatic heterocycles. The summed E-state index contributed by atoms with van der Waals surface area (Å²) in [7, 11) is 0.